The van der Waals surface area contributed by atoms with Crippen molar-refractivity contribution in [2.24, 2.45) is 0 Å². The molecule has 8 nitrogen and oxygen atoms in total. The fourth-order valence-corrected chi connectivity index (χ4v) is 4.38. The standard InChI is InChI=1S/C21H23N3O5S/c1-13(2)24(3)30(27,28)16-7-5-6-14(10-16)20(25)23-15-11-18(21(26)29-4)17-8-9-22-19(17)12-15/h5-13,22H,1-4H3,(H,23,25). The van der Waals surface area contributed by atoms with Gasteiger partial charge in [-0.1, -0.05) is 6.07 Å². The highest BCUT2D eigenvalue weighted by Crippen LogP contribution is 2.25. The van der Waals surface area contributed by atoms with E-state index in [2.05, 4.69) is 10.3 Å². The third-order valence-electron chi connectivity index (χ3n) is 4.83. The number of ether oxygens (including phenoxy) is 1. The number of aromatic nitrogens is 1. The molecule has 3 aromatic rings. The van der Waals surface area contributed by atoms with E-state index in [1.54, 1.807) is 32.2 Å². The molecule has 0 saturated carbocycles. The fraction of sp³-hybridized carbons (Fsp3) is 0.238. The zero-order valence-electron chi connectivity index (χ0n) is 17.1. The number of benzene rings is 2. The largest absolute Gasteiger partial charge is 0.465 e. The highest BCUT2D eigenvalue weighted by molar-refractivity contribution is 7.89. The Hall–Kier alpha value is -3.17. The van der Waals surface area contributed by atoms with Crippen molar-refractivity contribution in [3.05, 3.63) is 59.8 Å². The van der Waals surface area contributed by atoms with Crippen LogP contribution in [0.15, 0.2) is 53.6 Å². The molecule has 158 valence electrons. The van der Waals surface area contributed by atoms with Crippen molar-refractivity contribution in [2.75, 3.05) is 19.5 Å². The number of rotatable bonds is 6. The van der Waals surface area contributed by atoms with E-state index in [0.29, 0.717) is 22.2 Å². The first-order chi connectivity index (χ1) is 14.1. The summed E-state index contributed by atoms with van der Waals surface area (Å²) < 4.78 is 31.5. The molecule has 0 saturated heterocycles. The molecule has 0 spiro atoms. The Labute approximate surface area is 174 Å². The molecule has 2 aromatic carbocycles. The number of carbonyl (C=O) groups excluding carboxylic acids is 2. The third kappa shape index (κ3) is 4.07. The van der Waals surface area contributed by atoms with Crippen LogP contribution in [0.1, 0.15) is 34.6 Å². The normalized spacial score (nSPS) is 11.8. The molecule has 1 amide bonds. The summed E-state index contributed by atoms with van der Waals surface area (Å²) in [5.41, 5.74) is 1.52. The Morgan fingerprint density at radius 2 is 1.87 bits per heavy atom. The zero-order valence-corrected chi connectivity index (χ0v) is 17.9. The van der Waals surface area contributed by atoms with Crippen molar-refractivity contribution in [2.45, 2.75) is 24.8 Å². The lowest BCUT2D eigenvalue weighted by atomic mass is 10.1. The first-order valence-electron chi connectivity index (χ1n) is 9.24. The number of hydrogen-bond donors (Lipinski definition) is 2. The van der Waals surface area contributed by atoms with Gasteiger partial charge in [-0.2, -0.15) is 4.31 Å². The van der Waals surface area contributed by atoms with E-state index >= 15 is 0 Å². The molecule has 0 radical (unpaired) electrons. The minimum absolute atomic E-state index is 0.0291. The van der Waals surface area contributed by atoms with Gasteiger partial charge in [0.15, 0.2) is 0 Å². The van der Waals surface area contributed by atoms with Gasteiger partial charge in [-0.3, -0.25) is 4.79 Å². The van der Waals surface area contributed by atoms with E-state index < -0.39 is 21.9 Å². The van der Waals surface area contributed by atoms with Crippen LogP contribution in [0, 0.1) is 0 Å². The van der Waals surface area contributed by atoms with Crippen LogP contribution in [-0.2, 0) is 14.8 Å². The van der Waals surface area contributed by atoms with Gasteiger partial charge in [0.25, 0.3) is 5.91 Å². The van der Waals surface area contributed by atoms with E-state index in [4.69, 9.17) is 4.74 Å². The van der Waals surface area contributed by atoms with Crippen LogP contribution in [0.5, 0.6) is 0 Å². The van der Waals surface area contributed by atoms with Gasteiger partial charge < -0.3 is 15.0 Å². The second-order valence-corrected chi connectivity index (χ2v) is 9.05. The molecule has 1 heterocycles. The Morgan fingerprint density at radius 3 is 2.53 bits per heavy atom. The maximum Gasteiger partial charge on any atom is 0.338 e. The van der Waals surface area contributed by atoms with Gasteiger partial charge in [0.1, 0.15) is 0 Å². The van der Waals surface area contributed by atoms with Gasteiger partial charge >= 0.3 is 5.97 Å². The number of fused-ring (bicyclic) bond motifs is 1. The number of nitrogens with zero attached hydrogens (tertiary/aromatic N) is 1. The number of aromatic amines is 1. The molecule has 0 atom stereocenters. The van der Waals surface area contributed by atoms with E-state index in [0.717, 1.165) is 0 Å². The summed E-state index contributed by atoms with van der Waals surface area (Å²) in [6.45, 7) is 3.54. The minimum Gasteiger partial charge on any atom is -0.465 e. The number of H-pyrrole nitrogens is 1. The van der Waals surface area contributed by atoms with Gasteiger partial charge in [-0.05, 0) is 50.2 Å². The molecule has 1 aromatic heterocycles. The molecule has 0 unspecified atom stereocenters. The quantitative estimate of drug-likeness (QED) is 0.585. The number of esters is 1. The molecule has 0 aliphatic heterocycles. The molecule has 9 heteroatoms. The molecule has 0 fully saturated rings. The van der Waals surface area contributed by atoms with Crippen LogP contribution in [0.25, 0.3) is 10.9 Å². The van der Waals surface area contributed by atoms with Crippen LogP contribution < -0.4 is 5.32 Å². The van der Waals surface area contributed by atoms with E-state index in [9.17, 15) is 18.0 Å². The van der Waals surface area contributed by atoms with Crippen molar-refractivity contribution >= 4 is 38.5 Å². The highest BCUT2D eigenvalue weighted by atomic mass is 32.2. The SMILES string of the molecule is COC(=O)c1cc(NC(=O)c2cccc(S(=O)(=O)N(C)C(C)C)c2)cc2[nH]ccc12. The summed E-state index contributed by atoms with van der Waals surface area (Å²) >= 11 is 0. The number of anilines is 1. The Morgan fingerprint density at radius 1 is 1.13 bits per heavy atom. The van der Waals surface area contributed by atoms with Crippen LogP contribution in [0.2, 0.25) is 0 Å². The molecule has 0 aliphatic rings. The predicted molar refractivity (Wildman–Crippen MR) is 114 cm³/mol. The lowest BCUT2D eigenvalue weighted by molar-refractivity contribution is 0.0602. The number of hydrogen-bond acceptors (Lipinski definition) is 5. The zero-order chi connectivity index (χ0) is 22.1. The van der Waals surface area contributed by atoms with Gasteiger partial charge in [0.05, 0.1) is 17.6 Å². The summed E-state index contributed by atoms with van der Waals surface area (Å²) in [7, 11) is -0.946. The van der Waals surface area contributed by atoms with Crippen molar-refractivity contribution in [1.29, 1.82) is 0 Å². The molecular weight excluding hydrogens is 406 g/mol. The summed E-state index contributed by atoms with van der Waals surface area (Å²) in [4.78, 5) is 27.9. The Kier molecular flexibility index (Phi) is 5.95. The lowest BCUT2D eigenvalue weighted by Gasteiger charge is -2.21. The lowest BCUT2D eigenvalue weighted by Crippen LogP contribution is -2.33. The average molecular weight is 429 g/mol. The van der Waals surface area contributed by atoms with Crippen LogP contribution in [-0.4, -0.2) is 49.8 Å². The van der Waals surface area contributed by atoms with Gasteiger partial charge in [-0.25, -0.2) is 13.2 Å². The van der Waals surface area contributed by atoms with Crippen molar-refractivity contribution in [3.63, 3.8) is 0 Å². The summed E-state index contributed by atoms with van der Waals surface area (Å²) in [5.74, 6) is -1.03. The Balaban J connectivity index is 1.93. The van der Waals surface area contributed by atoms with Crippen LogP contribution in [0.3, 0.4) is 0 Å². The van der Waals surface area contributed by atoms with Crippen LogP contribution >= 0.6 is 0 Å². The van der Waals surface area contributed by atoms with Crippen molar-refractivity contribution < 1.29 is 22.7 Å². The summed E-state index contributed by atoms with van der Waals surface area (Å²) in [5, 5.41) is 3.39. The second kappa shape index (κ2) is 8.29. The van der Waals surface area contributed by atoms with Crippen molar-refractivity contribution in [3.8, 4) is 0 Å². The average Bonchev–Trinajstić information content (AvgIpc) is 3.20. The molecule has 3 rings (SSSR count). The number of amides is 1. The molecule has 2 N–H and O–H groups in total. The number of sulfonamides is 1. The molecule has 0 aliphatic carbocycles. The maximum atomic E-state index is 12.8. The summed E-state index contributed by atoms with van der Waals surface area (Å²) in [6, 6.07) is 10.6. The van der Waals surface area contributed by atoms with Gasteiger partial charge in [0, 0.05) is 41.4 Å². The first-order valence-corrected chi connectivity index (χ1v) is 10.7. The Bertz CT molecular complexity index is 1210. The van der Waals surface area contributed by atoms with Gasteiger partial charge in [-0.15, -0.1) is 0 Å². The molecule has 0 bridgehead atoms. The smallest absolute Gasteiger partial charge is 0.338 e. The van der Waals surface area contributed by atoms with Crippen molar-refractivity contribution in [1.82, 2.24) is 9.29 Å². The van der Waals surface area contributed by atoms with Gasteiger partial charge in [0.2, 0.25) is 10.0 Å². The monoisotopic (exact) mass is 429 g/mol. The molecule has 30 heavy (non-hydrogen) atoms. The minimum atomic E-state index is -3.72. The first kappa shape index (κ1) is 21.5. The van der Waals surface area contributed by atoms with E-state index in [1.807, 2.05) is 0 Å². The molecular formula is C21H23N3O5S. The number of carbonyl (C=O) groups is 2. The third-order valence-corrected chi connectivity index (χ3v) is 6.86. The number of methoxy groups -OCH3 is 1. The maximum absolute atomic E-state index is 12.8. The topological polar surface area (TPSA) is 109 Å². The van der Waals surface area contributed by atoms with E-state index in [1.165, 1.54) is 48.8 Å². The van der Waals surface area contributed by atoms with E-state index in [-0.39, 0.29) is 16.5 Å². The highest BCUT2D eigenvalue weighted by Gasteiger charge is 2.24. The summed E-state index contributed by atoms with van der Waals surface area (Å²) in [6.07, 6.45) is 1.68. The predicted octanol–water partition coefficient (Wildman–Crippen LogP) is 3.24. The fourth-order valence-electron chi connectivity index (χ4n) is 2.96. The van der Waals surface area contributed by atoms with Crippen LogP contribution in [0.4, 0.5) is 5.69 Å². The second-order valence-electron chi connectivity index (χ2n) is 7.05. The number of nitrogens with one attached hydrogen (secondary N) is 2.